The van der Waals surface area contributed by atoms with Crippen LogP contribution in [-0.2, 0) is 28.9 Å². The van der Waals surface area contributed by atoms with Gasteiger partial charge in [0.25, 0.3) is 5.91 Å². The van der Waals surface area contributed by atoms with E-state index >= 15 is 0 Å². The maximum Gasteiger partial charge on any atom is 0.266 e. The number of hydrogen-bond acceptors (Lipinski definition) is 10. The molecule has 1 aliphatic heterocycles. The van der Waals surface area contributed by atoms with E-state index in [9.17, 15) is 10.3 Å². The standard InChI is InChI=1S/C37H39N9O6/c1-49-32-17-12-25(22-33(32)50-2)18-19-40-44-36(48)37(23-27-8-3-4-9-28(27)24-41-45-38)34(30-10-5-6-11-31(30)43-46-39)52-35(42-37)26-13-15-29(16-14-26)51-21-7-20-47/h3-6,8-17,22,34,40,47H,7,18-21,23-24H2,1-2H3,(H,44,48)/t34-,37-/m0/s1. The number of benzene rings is 4. The molecule has 15 nitrogen and oxygen atoms in total. The third-order valence-electron chi connectivity index (χ3n) is 8.47. The van der Waals surface area contributed by atoms with E-state index in [-0.39, 0.29) is 31.2 Å². The summed E-state index contributed by atoms with van der Waals surface area (Å²) in [4.78, 5) is 25.7. The number of hydrogen-bond donors (Lipinski definition) is 3. The molecule has 0 fully saturated rings. The number of aliphatic hydroxyl groups excluding tert-OH is 1. The van der Waals surface area contributed by atoms with E-state index in [0.717, 1.165) is 5.56 Å². The molecule has 1 aliphatic rings. The van der Waals surface area contributed by atoms with Crippen molar-refractivity contribution in [2.45, 2.75) is 37.5 Å². The zero-order valence-corrected chi connectivity index (χ0v) is 28.8. The molecule has 3 N–H and O–H groups in total. The van der Waals surface area contributed by atoms with Crippen molar-refractivity contribution in [3.63, 3.8) is 0 Å². The van der Waals surface area contributed by atoms with E-state index < -0.39 is 17.6 Å². The van der Waals surface area contributed by atoms with E-state index in [4.69, 9.17) is 34.6 Å². The van der Waals surface area contributed by atoms with Gasteiger partial charge in [0.1, 0.15) is 5.75 Å². The minimum atomic E-state index is -1.64. The predicted octanol–water partition coefficient (Wildman–Crippen LogP) is 6.58. The zero-order chi connectivity index (χ0) is 36.8. The van der Waals surface area contributed by atoms with Gasteiger partial charge in [0.2, 0.25) is 5.90 Å². The van der Waals surface area contributed by atoms with Gasteiger partial charge in [-0.2, -0.15) is 0 Å². The second-order valence-electron chi connectivity index (χ2n) is 11.7. The number of azide groups is 2. The molecule has 0 bridgehead atoms. The van der Waals surface area contributed by atoms with Gasteiger partial charge in [-0.3, -0.25) is 10.2 Å². The molecule has 2 atom stereocenters. The number of aliphatic hydroxyl groups is 1. The first kappa shape index (κ1) is 37.0. The van der Waals surface area contributed by atoms with Gasteiger partial charge in [-0.15, -0.1) is 0 Å². The molecule has 5 rings (SSSR count). The SMILES string of the molecule is COc1ccc(CCNNC(=O)[C@@]2(Cc3ccccc3CN=[N+]=[N-])N=C(c3ccc(OCCCO)cc3)O[C@H]2c2ccccc2N=[N+]=[N-])cc1OC. The first-order valence-corrected chi connectivity index (χ1v) is 16.5. The Hall–Kier alpha value is -6.24. The molecule has 0 saturated heterocycles. The van der Waals surface area contributed by atoms with Crippen molar-refractivity contribution in [3.05, 3.63) is 140 Å². The predicted molar refractivity (Wildman–Crippen MR) is 194 cm³/mol. The molecule has 0 aromatic heterocycles. The lowest BCUT2D eigenvalue weighted by Gasteiger charge is -2.32. The van der Waals surface area contributed by atoms with Gasteiger partial charge in [-0.1, -0.05) is 64.8 Å². The minimum absolute atomic E-state index is 0.0165. The average molecular weight is 706 g/mol. The first-order valence-electron chi connectivity index (χ1n) is 16.5. The molecule has 268 valence electrons. The van der Waals surface area contributed by atoms with E-state index in [1.54, 1.807) is 62.8 Å². The highest BCUT2D eigenvalue weighted by Gasteiger charge is 2.54. The summed E-state index contributed by atoms with van der Waals surface area (Å²) in [5.41, 5.74) is 26.5. The number of nitrogens with one attached hydrogen (secondary N) is 2. The van der Waals surface area contributed by atoms with Crippen LogP contribution in [0.2, 0.25) is 0 Å². The van der Waals surface area contributed by atoms with Crippen molar-refractivity contribution in [2.24, 2.45) is 15.2 Å². The Morgan fingerprint density at radius 3 is 2.44 bits per heavy atom. The Morgan fingerprint density at radius 2 is 1.71 bits per heavy atom. The van der Waals surface area contributed by atoms with Crippen LogP contribution in [-0.4, -0.2) is 56.4 Å². The quantitative estimate of drug-likeness (QED) is 0.0340. The number of hydrazine groups is 1. The Morgan fingerprint density at radius 1 is 0.962 bits per heavy atom. The molecule has 15 heteroatoms. The topological polar surface area (TPSA) is 208 Å². The second kappa shape index (κ2) is 18.1. The molecule has 0 radical (unpaired) electrons. The molecule has 0 saturated carbocycles. The number of nitrogens with zero attached hydrogens (tertiary/aromatic N) is 7. The van der Waals surface area contributed by atoms with E-state index in [1.807, 2.05) is 42.5 Å². The smallest absolute Gasteiger partial charge is 0.266 e. The van der Waals surface area contributed by atoms with Gasteiger partial charge >= 0.3 is 0 Å². The number of carbonyl (C=O) groups is 1. The Labute approximate surface area is 300 Å². The molecule has 1 heterocycles. The molecule has 4 aromatic rings. The van der Waals surface area contributed by atoms with Gasteiger partial charge in [-0.05, 0) is 70.6 Å². The van der Waals surface area contributed by atoms with Crippen LogP contribution in [0.25, 0.3) is 20.9 Å². The molecule has 0 aliphatic carbocycles. The second-order valence-corrected chi connectivity index (χ2v) is 11.7. The molecule has 0 spiro atoms. The Balaban J connectivity index is 1.54. The van der Waals surface area contributed by atoms with Crippen LogP contribution in [0.4, 0.5) is 5.69 Å². The lowest BCUT2D eigenvalue weighted by molar-refractivity contribution is -0.130. The number of rotatable bonds is 18. The van der Waals surface area contributed by atoms with Crippen molar-refractivity contribution in [3.8, 4) is 17.2 Å². The average Bonchev–Trinajstić information content (AvgIpc) is 3.56. The summed E-state index contributed by atoms with van der Waals surface area (Å²) in [5, 5.41) is 16.8. The molecule has 52 heavy (non-hydrogen) atoms. The molecular formula is C37H39N9O6. The van der Waals surface area contributed by atoms with Crippen LogP contribution in [0.5, 0.6) is 17.2 Å². The van der Waals surface area contributed by atoms with Crippen molar-refractivity contribution < 1.29 is 28.8 Å². The summed E-state index contributed by atoms with van der Waals surface area (Å²) in [7, 11) is 3.14. The normalized spacial score (nSPS) is 16.1. The maximum atomic E-state index is 14.7. The number of methoxy groups -OCH3 is 2. The minimum Gasteiger partial charge on any atom is -0.494 e. The van der Waals surface area contributed by atoms with Gasteiger partial charge in [-0.25, -0.2) is 10.4 Å². The highest BCUT2D eigenvalue weighted by atomic mass is 16.5. The van der Waals surface area contributed by atoms with Crippen LogP contribution in [0.1, 0.15) is 40.3 Å². The summed E-state index contributed by atoms with van der Waals surface area (Å²) in [6.07, 6.45) is 0.0213. The largest absolute Gasteiger partial charge is 0.494 e. The number of amides is 1. The highest BCUT2D eigenvalue weighted by Crippen LogP contribution is 2.45. The van der Waals surface area contributed by atoms with E-state index in [1.165, 1.54) is 0 Å². The molecule has 0 unspecified atom stereocenters. The molecule has 4 aromatic carbocycles. The lowest BCUT2D eigenvalue weighted by atomic mass is 9.80. The fourth-order valence-corrected chi connectivity index (χ4v) is 5.88. The molecule has 1 amide bonds. The fourth-order valence-electron chi connectivity index (χ4n) is 5.88. The zero-order valence-electron chi connectivity index (χ0n) is 28.8. The Kier molecular flexibility index (Phi) is 12.9. The highest BCUT2D eigenvalue weighted by molar-refractivity contribution is 6.01. The lowest BCUT2D eigenvalue weighted by Crippen LogP contribution is -2.54. The summed E-state index contributed by atoms with van der Waals surface area (Å²) < 4.78 is 23.1. The van der Waals surface area contributed by atoms with E-state index in [0.29, 0.717) is 65.5 Å². The summed E-state index contributed by atoms with van der Waals surface area (Å²) in [6.45, 7) is 0.787. The van der Waals surface area contributed by atoms with Crippen LogP contribution in [0.15, 0.2) is 106 Å². The van der Waals surface area contributed by atoms with Gasteiger partial charge in [0, 0.05) is 52.6 Å². The van der Waals surface area contributed by atoms with Crippen molar-refractivity contribution in [1.29, 1.82) is 0 Å². The van der Waals surface area contributed by atoms with Gasteiger partial charge in [0.15, 0.2) is 23.1 Å². The fraction of sp³-hybridized carbons (Fsp3) is 0.297. The van der Waals surface area contributed by atoms with Crippen molar-refractivity contribution >= 4 is 17.5 Å². The third-order valence-corrected chi connectivity index (χ3v) is 8.47. The van der Waals surface area contributed by atoms with Crippen LogP contribution in [0, 0.1) is 0 Å². The summed E-state index contributed by atoms with van der Waals surface area (Å²) in [5.74, 6) is 1.49. The van der Waals surface area contributed by atoms with Gasteiger partial charge in [0.05, 0.1) is 27.4 Å². The summed E-state index contributed by atoms with van der Waals surface area (Å²) in [6, 6.07) is 26.9. The Bertz CT molecular complexity index is 1980. The van der Waals surface area contributed by atoms with Crippen LogP contribution >= 0.6 is 0 Å². The van der Waals surface area contributed by atoms with Crippen LogP contribution < -0.4 is 25.1 Å². The van der Waals surface area contributed by atoms with Crippen molar-refractivity contribution in [1.82, 2.24) is 10.9 Å². The number of carbonyl (C=O) groups excluding carboxylic acids is 1. The monoisotopic (exact) mass is 705 g/mol. The maximum absolute atomic E-state index is 14.7. The summed E-state index contributed by atoms with van der Waals surface area (Å²) >= 11 is 0. The first-order chi connectivity index (χ1) is 25.5. The number of aliphatic imine (C=N–C) groups is 1. The van der Waals surface area contributed by atoms with E-state index in [2.05, 4.69) is 30.9 Å². The molecular weight excluding hydrogens is 666 g/mol. The van der Waals surface area contributed by atoms with Crippen LogP contribution in [0.3, 0.4) is 0 Å². The third kappa shape index (κ3) is 8.73. The number of ether oxygens (including phenoxy) is 4. The van der Waals surface area contributed by atoms with Gasteiger partial charge < -0.3 is 24.1 Å². The van der Waals surface area contributed by atoms with Crippen molar-refractivity contribution in [2.75, 3.05) is 34.0 Å².